The third-order valence-corrected chi connectivity index (χ3v) is 4.75. The molecule has 148 valence electrons. The third kappa shape index (κ3) is 4.90. The van der Waals surface area contributed by atoms with E-state index in [4.69, 9.17) is 16.3 Å². The molecule has 0 spiro atoms. The number of hydrogen-bond acceptors (Lipinski definition) is 6. The maximum absolute atomic E-state index is 12.4. The minimum absolute atomic E-state index is 0.115. The summed E-state index contributed by atoms with van der Waals surface area (Å²) in [6.45, 7) is 4.90. The van der Waals surface area contributed by atoms with Crippen molar-refractivity contribution in [1.29, 1.82) is 0 Å². The second kappa shape index (κ2) is 8.90. The summed E-state index contributed by atoms with van der Waals surface area (Å²) < 4.78 is 5.36. The highest BCUT2D eigenvalue weighted by molar-refractivity contribution is 6.34. The van der Waals surface area contributed by atoms with Crippen molar-refractivity contribution in [2.75, 3.05) is 41.8 Å². The van der Waals surface area contributed by atoms with Gasteiger partial charge in [-0.3, -0.25) is 14.9 Å². The molecular formula is C19H21ClN4O4. The molecule has 0 saturated carbocycles. The van der Waals surface area contributed by atoms with Crippen molar-refractivity contribution in [3.05, 3.63) is 57.6 Å². The Morgan fingerprint density at radius 1 is 1.21 bits per heavy atom. The highest BCUT2D eigenvalue weighted by atomic mass is 35.5. The smallest absolute Gasteiger partial charge is 0.271 e. The Morgan fingerprint density at radius 3 is 2.50 bits per heavy atom. The average Bonchev–Trinajstić information content (AvgIpc) is 2.70. The van der Waals surface area contributed by atoms with E-state index in [1.807, 2.05) is 24.3 Å². The van der Waals surface area contributed by atoms with Crippen LogP contribution in [0.3, 0.4) is 0 Å². The van der Waals surface area contributed by atoms with Crippen LogP contribution in [0.4, 0.5) is 22.7 Å². The van der Waals surface area contributed by atoms with Gasteiger partial charge in [-0.15, -0.1) is 0 Å². The molecule has 2 aromatic carbocycles. The van der Waals surface area contributed by atoms with Crippen molar-refractivity contribution in [2.45, 2.75) is 13.0 Å². The first-order valence-corrected chi connectivity index (χ1v) is 9.26. The minimum atomic E-state index is -0.539. The van der Waals surface area contributed by atoms with Crippen LogP contribution in [0, 0.1) is 10.1 Å². The Morgan fingerprint density at radius 2 is 1.89 bits per heavy atom. The van der Waals surface area contributed by atoms with Gasteiger partial charge in [-0.2, -0.15) is 0 Å². The van der Waals surface area contributed by atoms with E-state index in [1.54, 1.807) is 6.92 Å². The molecule has 9 heteroatoms. The van der Waals surface area contributed by atoms with Gasteiger partial charge in [0.05, 0.1) is 28.8 Å². The van der Waals surface area contributed by atoms with Crippen molar-refractivity contribution in [2.24, 2.45) is 0 Å². The van der Waals surface area contributed by atoms with Crippen molar-refractivity contribution < 1.29 is 14.5 Å². The number of morpholine rings is 1. The molecule has 1 heterocycles. The lowest BCUT2D eigenvalue weighted by atomic mass is 10.2. The summed E-state index contributed by atoms with van der Waals surface area (Å²) in [4.78, 5) is 24.9. The number of non-ortho nitro benzene ring substituents is 1. The Kier molecular flexibility index (Phi) is 6.33. The van der Waals surface area contributed by atoms with Crippen LogP contribution in [0.1, 0.15) is 6.92 Å². The van der Waals surface area contributed by atoms with E-state index in [1.165, 1.54) is 18.2 Å². The number of amides is 1. The van der Waals surface area contributed by atoms with E-state index in [-0.39, 0.29) is 16.6 Å². The molecule has 28 heavy (non-hydrogen) atoms. The fraction of sp³-hybridized carbons (Fsp3) is 0.316. The van der Waals surface area contributed by atoms with E-state index < -0.39 is 11.0 Å². The molecular weight excluding hydrogens is 384 g/mol. The van der Waals surface area contributed by atoms with Crippen LogP contribution in [0.15, 0.2) is 42.5 Å². The molecule has 0 radical (unpaired) electrons. The zero-order valence-corrected chi connectivity index (χ0v) is 16.1. The van der Waals surface area contributed by atoms with Crippen molar-refractivity contribution in [1.82, 2.24) is 0 Å². The van der Waals surface area contributed by atoms with Crippen LogP contribution < -0.4 is 15.5 Å². The van der Waals surface area contributed by atoms with Gasteiger partial charge in [0, 0.05) is 36.6 Å². The Labute approximate surface area is 167 Å². The zero-order valence-electron chi connectivity index (χ0n) is 15.4. The predicted octanol–water partition coefficient (Wildman–Crippen LogP) is 3.52. The van der Waals surface area contributed by atoms with Crippen LogP contribution in [0.25, 0.3) is 0 Å². The second-order valence-corrected chi connectivity index (χ2v) is 6.83. The van der Waals surface area contributed by atoms with Crippen LogP contribution in [-0.4, -0.2) is 43.2 Å². The van der Waals surface area contributed by atoms with Crippen molar-refractivity contribution in [3.63, 3.8) is 0 Å². The number of hydrogen-bond donors (Lipinski definition) is 2. The predicted molar refractivity (Wildman–Crippen MR) is 109 cm³/mol. The number of ether oxygens (including phenoxy) is 1. The summed E-state index contributed by atoms with van der Waals surface area (Å²) in [5.41, 5.74) is 2.13. The Balaban J connectivity index is 1.58. The van der Waals surface area contributed by atoms with Crippen molar-refractivity contribution in [3.8, 4) is 0 Å². The molecule has 1 amide bonds. The van der Waals surface area contributed by atoms with Gasteiger partial charge in [0.2, 0.25) is 5.91 Å². The number of anilines is 3. The summed E-state index contributed by atoms with van der Waals surface area (Å²) >= 11 is 6.02. The lowest BCUT2D eigenvalue weighted by Gasteiger charge is -2.29. The fourth-order valence-electron chi connectivity index (χ4n) is 2.87. The zero-order chi connectivity index (χ0) is 20.1. The van der Waals surface area contributed by atoms with Gasteiger partial charge in [0.25, 0.3) is 5.69 Å². The Bertz CT molecular complexity index is 854. The fourth-order valence-corrected chi connectivity index (χ4v) is 3.09. The molecule has 8 nitrogen and oxygen atoms in total. The van der Waals surface area contributed by atoms with Crippen molar-refractivity contribution >= 4 is 40.3 Å². The molecule has 1 fully saturated rings. The van der Waals surface area contributed by atoms with E-state index in [0.29, 0.717) is 5.69 Å². The number of nitrogens with one attached hydrogen (secondary N) is 2. The largest absolute Gasteiger partial charge is 0.378 e. The number of nitrogens with zero attached hydrogens (tertiary/aromatic N) is 2. The lowest BCUT2D eigenvalue weighted by Crippen LogP contribution is -2.36. The summed E-state index contributed by atoms with van der Waals surface area (Å²) in [5.74, 6) is -0.298. The van der Waals surface area contributed by atoms with Crippen LogP contribution >= 0.6 is 11.6 Å². The first-order valence-electron chi connectivity index (χ1n) is 8.88. The summed E-state index contributed by atoms with van der Waals surface area (Å²) in [6, 6.07) is 11.3. The highest BCUT2D eigenvalue weighted by Gasteiger charge is 2.17. The number of nitro benzene ring substituents is 1. The normalized spacial score (nSPS) is 15.0. The molecule has 1 saturated heterocycles. The maximum atomic E-state index is 12.4. The Hall–Kier alpha value is -2.84. The molecule has 2 aromatic rings. The van der Waals surface area contributed by atoms with Gasteiger partial charge in [-0.1, -0.05) is 11.6 Å². The number of halogens is 1. The third-order valence-electron chi connectivity index (χ3n) is 4.44. The van der Waals surface area contributed by atoms with Crippen LogP contribution in [-0.2, 0) is 9.53 Å². The molecule has 2 N–H and O–H groups in total. The average molecular weight is 405 g/mol. The second-order valence-electron chi connectivity index (χ2n) is 6.42. The van der Waals surface area contributed by atoms with Gasteiger partial charge in [-0.25, -0.2) is 0 Å². The number of nitro groups is 1. The van der Waals surface area contributed by atoms with E-state index in [0.717, 1.165) is 37.7 Å². The molecule has 3 rings (SSSR count). The standard InChI is InChI=1S/C19H21ClN4O4/c1-13(19(25)22-18-7-6-16(24(26)27)12-17(18)20)21-14-2-4-15(5-3-14)23-8-10-28-11-9-23/h2-7,12-13,21H,8-11H2,1H3,(H,22,25)/t13-/m1/s1. The van der Waals surface area contributed by atoms with Crippen LogP contribution in [0.2, 0.25) is 5.02 Å². The van der Waals surface area contributed by atoms with Gasteiger partial charge in [0.1, 0.15) is 6.04 Å². The molecule has 0 aliphatic carbocycles. The number of rotatable bonds is 6. The van der Waals surface area contributed by atoms with Gasteiger partial charge in [0.15, 0.2) is 0 Å². The first-order chi connectivity index (χ1) is 13.4. The number of carbonyl (C=O) groups is 1. The van der Waals surface area contributed by atoms with E-state index in [2.05, 4.69) is 15.5 Å². The maximum Gasteiger partial charge on any atom is 0.271 e. The topological polar surface area (TPSA) is 96.7 Å². The van der Waals surface area contributed by atoms with Gasteiger partial charge >= 0.3 is 0 Å². The molecule has 1 aliphatic rings. The summed E-state index contributed by atoms with van der Waals surface area (Å²) in [6.07, 6.45) is 0. The quantitative estimate of drug-likeness (QED) is 0.564. The number of benzene rings is 2. The molecule has 0 aromatic heterocycles. The lowest BCUT2D eigenvalue weighted by molar-refractivity contribution is -0.384. The monoisotopic (exact) mass is 404 g/mol. The summed E-state index contributed by atoms with van der Waals surface area (Å²) in [5, 5.41) is 16.7. The van der Waals surface area contributed by atoms with Gasteiger partial charge < -0.3 is 20.3 Å². The van der Waals surface area contributed by atoms with Gasteiger partial charge in [-0.05, 0) is 37.3 Å². The van der Waals surface area contributed by atoms with E-state index in [9.17, 15) is 14.9 Å². The molecule has 0 unspecified atom stereocenters. The highest BCUT2D eigenvalue weighted by Crippen LogP contribution is 2.27. The molecule has 0 bridgehead atoms. The number of carbonyl (C=O) groups excluding carboxylic acids is 1. The summed E-state index contributed by atoms with van der Waals surface area (Å²) in [7, 11) is 0. The van der Waals surface area contributed by atoms with Crippen LogP contribution in [0.5, 0.6) is 0 Å². The molecule has 1 atom stereocenters. The minimum Gasteiger partial charge on any atom is -0.378 e. The molecule has 1 aliphatic heterocycles. The first kappa shape index (κ1) is 19.9. The van der Waals surface area contributed by atoms with E-state index >= 15 is 0 Å². The SMILES string of the molecule is C[C@@H](Nc1ccc(N2CCOCC2)cc1)C(=O)Nc1ccc([N+](=O)[O-])cc1Cl.